The quantitative estimate of drug-likeness (QED) is 0.825. The molecule has 6 heteroatoms. The van der Waals surface area contributed by atoms with Gasteiger partial charge < -0.3 is 15.6 Å². The normalized spacial score (nSPS) is 12.4. The number of aliphatic hydroxyl groups excluding tert-OH is 1. The molecule has 3 N–H and O–H groups in total. The average Bonchev–Trinajstić information content (AvgIpc) is 2.83. The highest BCUT2D eigenvalue weighted by Crippen LogP contribution is 2.32. The first-order chi connectivity index (χ1) is 9.08. The number of ether oxygens (including phenoxy) is 1. The molecule has 0 bridgehead atoms. The summed E-state index contributed by atoms with van der Waals surface area (Å²) in [6, 6.07) is 3.89. The molecule has 0 fully saturated rings. The highest BCUT2D eigenvalue weighted by atomic mass is 19.1. The first kappa shape index (κ1) is 13.4. The lowest BCUT2D eigenvalue weighted by molar-refractivity contribution is 0.203. The number of halogens is 1. The number of aliphatic hydroxyl groups is 1. The molecule has 0 radical (unpaired) electrons. The van der Waals surface area contributed by atoms with Crippen molar-refractivity contribution < 1.29 is 14.2 Å². The summed E-state index contributed by atoms with van der Waals surface area (Å²) in [7, 11) is 1.49. The van der Waals surface area contributed by atoms with Gasteiger partial charge in [-0.2, -0.15) is 5.10 Å². The van der Waals surface area contributed by atoms with Crippen LogP contribution in [-0.2, 0) is 6.54 Å². The summed E-state index contributed by atoms with van der Waals surface area (Å²) < 4.78 is 20.0. The zero-order valence-electron chi connectivity index (χ0n) is 10.8. The number of aryl methyl sites for hydroxylation is 1. The van der Waals surface area contributed by atoms with E-state index in [2.05, 4.69) is 5.10 Å². The molecule has 2 rings (SSSR count). The van der Waals surface area contributed by atoms with E-state index in [0.717, 1.165) is 0 Å². The van der Waals surface area contributed by atoms with Gasteiger partial charge in [-0.05, 0) is 25.1 Å². The topological polar surface area (TPSA) is 73.3 Å². The van der Waals surface area contributed by atoms with E-state index in [1.54, 1.807) is 4.68 Å². The van der Waals surface area contributed by atoms with Crippen LogP contribution in [-0.4, -0.2) is 22.0 Å². The summed E-state index contributed by atoms with van der Waals surface area (Å²) in [6.45, 7) is 2.45. The lowest BCUT2D eigenvalue weighted by Crippen LogP contribution is -2.12. The van der Waals surface area contributed by atoms with Crippen molar-refractivity contribution >= 4 is 5.69 Å². The van der Waals surface area contributed by atoms with Gasteiger partial charge in [0.1, 0.15) is 17.6 Å². The Morgan fingerprint density at radius 1 is 1.53 bits per heavy atom. The fourth-order valence-corrected chi connectivity index (χ4v) is 1.99. The molecular weight excluding hydrogens is 249 g/mol. The lowest BCUT2D eigenvalue weighted by Gasteiger charge is -2.16. The zero-order valence-corrected chi connectivity index (χ0v) is 10.8. The van der Waals surface area contributed by atoms with Gasteiger partial charge in [-0.25, -0.2) is 4.39 Å². The number of hydrogen-bond acceptors (Lipinski definition) is 4. The Labute approximate surface area is 110 Å². The first-order valence-corrected chi connectivity index (χ1v) is 5.91. The van der Waals surface area contributed by atoms with Gasteiger partial charge in [-0.1, -0.05) is 0 Å². The molecule has 0 amide bonds. The molecular formula is C13H16FN3O2. The van der Waals surface area contributed by atoms with Crippen molar-refractivity contribution in [3.63, 3.8) is 0 Å². The molecule has 1 atom stereocenters. The summed E-state index contributed by atoms with van der Waals surface area (Å²) in [4.78, 5) is 0. The minimum Gasteiger partial charge on any atom is -0.493 e. The molecule has 0 aliphatic carbocycles. The molecule has 1 aromatic carbocycles. The van der Waals surface area contributed by atoms with E-state index in [1.165, 1.54) is 31.5 Å². The fourth-order valence-electron chi connectivity index (χ4n) is 1.99. The van der Waals surface area contributed by atoms with Crippen molar-refractivity contribution in [3.05, 3.63) is 41.5 Å². The highest BCUT2D eigenvalue weighted by molar-refractivity contribution is 5.51. The summed E-state index contributed by atoms with van der Waals surface area (Å²) in [5.74, 6) is -0.0113. The van der Waals surface area contributed by atoms with Crippen LogP contribution in [0.15, 0.2) is 24.4 Å². The number of benzene rings is 1. The summed E-state index contributed by atoms with van der Waals surface area (Å²) in [5.41, 5.74) is 6.86. The van der Waals surface area contributed by atoms with Gasteiger partial charge in [-0.3, -0.25) is 4.68 Å². The second-order valence-corrected chi connectivity index (χ2v) is 4.09. The fraction of sp³-hybridized carbons (Fsp3) is 0.308. The van der Waals surface area contributed by atoms with Crippen LogP contribution in [0.1, 0.15) is 24.3 Å². The van der Waals surface area contributed by atoms with Crippen LogP contribution in [0.25, 0.3) is 0 Å². The second kappa shape index (κ2) is 5.27. The van der Waals surface area contributed by atoms with Gasteiger partial charge in [0.15, 0.2) is 5.75 Å². The first-order valence-electron chi connectivity index (χ1n) is 5.91. The number of nitrogens with two attached hydrogens (primary N) is 1. The Morgan fingerprint density at radius 3 is 2.89 bits per heavy atom. The third kappa shape index (κ3) is 2.39. The van der Waals surface area contributed by atoms with Crippen LogP contribution < -0.4 is 10.5 Å². The Balaban J connectivity index is 2.51. The van der Waals surface area contributed by atoms with Gasteiger partial charge in [0.25, 0.3) is 0 Å². The van der Waals surface area contributed by atoms with Crippen molar-refractivity contribution in [1.82, 2.24) is 9.78 Å². The average molecular weight is 265 g/mol. The number of rotatable bonds is 4. The van der Waals surface area contributed by atoms with Gasteiger partial charge in [-0.15, -0.1) is 0 Å². The number of nitrogens with zero attached hydrogens (tertiary/aromatic N) is 2. The number of anilines is 1. The molecule has 1 aromatic heterocycles. The van der Waals surface area contributed by atoms with Gasteiger partial charge >= 0.3 is 0 Å². The Bertz CT molecular complexity index is 562. The van der Waals surface area contributed by atoms with E-state index in [9.17, 15) is 9.50 Å². The molecule has 2 aromatic rings. The third-order valence-corrected chi connectivity index (χ3v) is 2.97. The van der Waals surface area contributed by atoms with Crippen LogP contribution >= 0.6 is 0 Å². The van der Waals surface area contributed by atoms with Crippen LogP contribution in [0.4, 0.5) is 10.1 Å². The van der Waals surface area contributed by atoms with E-state index in [4.69, 9.17) is 10.5 Å². The molecule has 0 saturated carbocycles. The molecule has 0 saturated heterocycles. The number of nitrogen functional groups attached to an aromatic ring is 1. The largest absolute Gasteiger partial charge is 0.493 e. The van der Waals surface area contributed by atoms with Crippen LogP contribution in [0.2, 0.25) is 0 Å². The highest BCUT2D eigenvalue weighted by Gasteiger charge is 2.23. The maximum absolute atomic E-state index is 13.3. The summed E-state index contributed by atoms with van der Waals surface area (Å²) >= 11 is 0. The van der Waals surface area contributed by atoms with Crippen LogP contribution in [0, 0.1) is 5.82 Å². The van der Waals surface area contributed by atoms with Crippen molar-refractivity contribution in [3.8, 4) is 5.75 Å². The van der Waals surface area contributed by atoms with Crippen molar-refractivity contribution in [1.29, 1.82) is 0 Å². The predicted molar refractivity (Wildman–Crippen MR) is 69.3 cm³/mol. The van der Waals surface area contributed by atoms with E-state index < -0.39 is 11.9 Å². The second-order valence-electron chi connectivity index (χ2n) is 4.09. The van der Waals surface area contributed by atoms with Gasteiger partial charge in [0, 0.05) is 17.8 Å². The molecule has 5 nitrogen and oxygen atoms in total. The van der Waals surface area contributed by atoms with E-state index >= 15 is 0 Å². The predicted octanol–water partition coefficient (Wildman–Crippen LogP) is 1.71. The van der Waals surface area contributed by atoms with Crippen LogP contribution in [0.3, 0.4) is 0 Å². The minimum atomic E-state index is -1.09. The number of aromatic nitrogens is 2. The minimum absolute atomic E-state index is 0.300. The standard InChI is InChI=1S/C13H16FN3O2/c1-3-17-12(11(19-2)7-16-17)13(18)9-6-8(14)4-5-10(9)15/h4-7,13,18H,3,15H2,1-2H3. The molecule has 0 aliphatic heterocycles. The molecule has 0 aliphatic rings. The molecule has 102 valence electrons. The monoisotopic (exact) mass is 265 g/mol. The van der Waals surface area contributed by atoms with E-state index in [1.807, 2.05) is 6.92 Å². The SMILES string of the molecule is CCn1ncc(OC)c1C(O)c1cc(F)ccc1N. The van der Waals surface area contributed by atoms with E-state index in [0.29, 0.717) is 29.2 Å². The number of methoxy groups -OCH3 is 1. The van der Waals surface area contributed by atoms with Crippen LogP contribution in [0.5, 0.6) is 5.75 Å². The smallest absolute Gasteiger partial charge is 0.163 e. The summed E-state index contributed by atoms with van der Waals surface area (Å²) in [6.07, 6.45) is 0.422. The maximum Gasteiger partial charge on any atom is 0.163 e. The number of hydrogen-bond donors (Lipinski definition) is 2. The zero-order chi connectivity index (χ0) is 14.0. The lowest BCUT2D eigenvalue weighted by atomic mass is 10.0. The van der Waals surface area contributed by atoms with Gasteiger partial charge in [0.05, 0.1) is 13.3 Å². The molecule has 1 heterocycles. The maximum atomic E-state index is 13.3. The third-order valence-electron chi connectivity index (χ3n) is 2.97. The van der Waals surface area contributed by atoms with Crippen molar-refractivity contribution in [2.24, 2.45) is 0 Å². The van der Waals surface area contributed by atoms with E-state index in [-0.39, 0.29) is 0 Å². The van der Waals surface area contributed by atoms with Gasteiger partial charge in [0.2, 0.25) is 0 Å². The summed E-state index contributed by atoms with van der Waals surface area (Å²) in [5, 5.41) is 14.5. The Kier molecular flexibility index (Phi) is 3.71. The van der Waals surface area contributed by atoms with Crippen molar-refractivity contribution in [2.45, 2.75) is 19.6 Å². The Hall–Kier alpha value is -2.08. The molecule has 0 spiro atoms. The molecule has 1 unspecified atom stereocenters. The van der Waals surface area contributed by atoms with Crippen molar-refractivity contribution in [2.75, 3.05) is 12.8 Å². The molecule has 19 heavy (non-hydrogen) atoms. The Morgan fingerprint density at radius 2 is 2.26 bits per heavy atom.